The lowest BCUT2D eigenvalue weighted by Crippen LogP contribution is -2.34. The van der Waals surface area contributed by atoms with E-state index in [1.54, 1.807) is 6.20 Å². The molecule has 0 aliphatic rings. The highest BCUT2D eigenvalue weighted by Crippen LogP contribution is 1.92. The van der Waals surface area contributed by atoms with E-state index in [9.17, 15) is 0 Å². The van der Waals surface area contributed by atoms with Crippen LogP contribution in [0.3, 0.4) is 0 Å². The second-order valence-corrected chi connectivity index (χ2v) is 3.10. The van der Waals surface area contributed by atoms with Gasteiger partial charge >= 0.3 is 6.15 Å². The highest BCUT2D eigenvalue weighted by Gasteiger charge is 2.22. The van der Waals surface area contributed by atoms with E-state index in [2.05, 4.69) is 17.2 Å². The minimum absolute atomic E-state index is 1.03. The van der Waals surface area contributed by atoms with Gasteiger partial charge in [0.05, 0.1) is 0 Å². The molecule has 0 aliphatic carbocycles. The maximum atomic E-state index is 8.09. The topological polar surface area (TPSA) is 128 Å². The van der Waals surface area contributed by atoms with Crippen molar-refractivity contribution in [2.24, 2.45) is 0 Å². The standard InChI is InChI=1S/C5H9N3.C4BN4/c1-2-4-8-5-3-6-7-8;6-1-5(2-7,3-8)4-9/h3,5H,2,4H2,1H3;/q;-1/p+1. The van der Waals surface area contributed by atoms with Crippen molar-refractivity contribution in [1.82, 2.24) is 10.3 Å². The molecule has 0 saturated heterocycles. The van der Waals surface area contributed by atoms with Crippen LogP contribution in [0.5, 0.6) is 0 Å². The Morgan fingerprint density at radius 2 is 1.71 bits per heavy atom. The molecule has 1 rings (SSSR count). The van der Waals surface area contributed by atoms with E-state index in [0.29, 0.717) is 0 Å². The van der Waals surface area contributed by atoms with Crippen LogP contribution in [0.2, 0.25) is 0 Å². The predicted molar refractivity (Wildman–Crippen MR) is 57.3 cm³/mol. The summed E-state index contributed by atoms with van der Waals surface area (Å²) in [5.41, 5.74) is 0. The molecule has 0 aliphatic heterocycles. The number of H-pyrrole nitrogens is 1. The largest absolute Gasteiger partial charge is 0.383 e. The number of hydrogen-bond acceptors (Lipinski definition) is 5. The summed E-state index contributed by atoms with van der Waals surface area (Å²) in [6.45, 7) is 3.16. The second kappa shape index (κ2) is 7.46. The van der Waals surface area contributed by atoms with Crippen molar-refractivity contribution in [3.05, 3.63) is 12.4 Å². The van der Waals surface area contributed by atoms with Crippen LogP contribution in [-0.2, 0) is 6.54 Å². The SMILES string of the molecule is CCC[n+]1ccn[nH]1.N#C[B-](C#N)(C#N)C#N. The van der Waals surface area contributed by atoms with Gasteiger partial charge < -0.3 is 0 Å². The van der Waals surface area contributed by atoms with Gasteiger partial charge in [-0.3, -0.25) is 0 Å². The molecule has 1 aromatic rings. The van der Waals surface area contributed by atoms with Crippen molar-refractivity contribution in [1.29, 1.82) is 21.0 Å². The van der Waals surface area contributed by atoms with Gasteiger partial charge in [-0.25, -0.2) is 21.0 Å². The summed E-state index contributed by atoms with van der Waals surface area (Å²) in [5.74, 6) is 5.38. The highest BCUT2D eigenvalue weighted by atomic mass is 15.4. The minimum Gasteiger partial charge on any atom is -0.245 e. The number of nitrogens with zero attached hydrogens (tertiary/aromatic N) is 6. The molecule has 0 bridgehead atoms. The van der Waals surface area contributed by atoms with Gasteiger partial charge in [0.2, 0.25) is 6.20 Å². The van der Waals surface area contributed by atoms with Gasteiger partial charge in [0, 0.05) is 5.10 Å². The summed E-state index contributed by atoms with van der Waals surface area (Å²) in [6.07, 6.45) is 2.09. The maximum absolute atomic E-state index is 8.09. The quantitative estimate of drug-likeness (QED) is 0.552. The van der Waals surface area contributed by atoms with E-state index in [-0.39, 0.29) is 0 Å². The maximum Gasteiger partial charge on any atom is 0.383 e. The molecule has 1 aromatic heterocycles. The lowest BCUT2D eigenvalue weighted by atomic mass is 9.30. The highest BCUT2D eigenvalue weighted by molar-refractivity contribution is 7.05. The first-order valence-corrected chi connectivity index (χ1v) is 4.87. The Balaban J connectivity index is 0.000000302. The molecule has 1 heterocycles. The summed E-state index contributed by atoms with van der Waals surface area (Å²) in [5, 5.41) is 38.9. The molecule has 0 saturated carbocycles. The Kier molecular flexibility index (Phi) is 6.21. The van der Waals surface area contributed by atoms with Gasteiger partial charge in [-0.1, -0.05) is 12.1 Å². The third-order valence-corrected chi connectivity index (χ3v) is 1.75. The zero-order valence-electron chi connectivity index (χ0n) is 9.33. The van der Waals surface area contributed by atoms with Gasteiger partial charge in [-0.2, -0.15) is 4.68 Å². The van der Waals surface area contributed by atoms with Gasteiger partial charge in [-0.05, 0) is 6.42 Å². The molecule has 84 valence electrons. The fourth-order valence-electron chi connectivity index (χ4n) is 0.793. The molecule has 0 spiro atoms. The van der Waals surface area contributed by atoms with Crippen LogP contribution in [0.4, 0.5) is 0 Å². The summed E-state index contributed by atoms with van der Waals surface area (Å²) in [4.78, 5) is 0. The zero-order valence-corrected chi connectivity index (χ0v) is 9.33. The molecule has 0 atom stereocenters. The number of rotatable bonds is 2. The van der Waals surface area contributed by atoms with Crippen LogP contribution in [0.25, 0.3) is 0 Å². The first kappa shape index (κ1) is 14.2. The van der Waals surface area contributed by atoms with Crippen molar-refractivity contribution >= 4 is 6.15 Å². The number of aryl methyl sites for hydroxylation is 1. The van der Waals surface area contributed by atoms with Crippen LogP contribution in [0.15, 0.2) is 12.4 Å². The first-order valence-electron chi connectivity index (χ1n) is 4.87. The Morgan fingerprint density at radius 1 is 1.18 bits per heavy atom. The third kappa shape index (κ3) is 4.47. The van der Waals surface area contributed by atoms with Crippen LogP contribution in [-0.4, -0.2) is 16.5 Å². The average Bonchev–Trinajstić information content (AvgIpc) is 2.87. The third-order valence-electron chi connectivity index (χ3n) is 1.75. The monoisotopic (exact) mass is 227 g/mol. The van der Waals surface area contributed by atoms with Crippen molar-refractivity contribution in [3.8, 4) is 23.9 Å². The van der Waals surface area contributed by atoms with Crippen molar-refractivity contribution in [2.75, 3.05) is 0 Å². The number of nitrogens with one attached hydrogen (secondary N) is 1. The average molecular weight is 227 g/mol. The first-order chi connectivity index (χ1) is 8.17. The van der Waals surface area contributed by atoms with Crippen LogP contribution in [0.1, 0.15) is 13.3 Å². The Bertz CT molecular complexity index is 432. The molecule has 0 aromatic carbocycles. The Morgan fingerprint density at radius 3 is 1.94 bits per heavy atom. The lowest BCUT2D eigenvalue weighted by Gasteiger charge is -1.98. The van der Waals surface area contributed by atoms with E-state index in [4.69, 9.17) is 21.0 Å². The number of hydrogen-bond donors (Lipinski definition) is 1. The Labute approximate surface area is 99.0 Å². The van der Waals surface area contributed by atoms with Crippen molar-refractivity contribution in [3.63, 3.8) is 0 Å². The molecular weight excluding hydrogens is 217 g/mol. The summed E-state index contributed by atoms with van der Waals surface area (Å²) in [7, 11) is 0. The predicted octanol–water partition coefficient (Wildman–Crippen LogP) is -0.206. The molecule has 8 heteroatoms. The van der Waals surface area contributed by atoms with E-state index in [1.165, 1.54) is 23.9 Å². The summed E-state index contributed by atoms with van der Waals surface area (Å²) >= 11 is 0. The molecule has 0 radical (unpaired) electrons. The van der Waals surface area contributed by atoms with E-state index in [0.717, 1.165) is 13.0 Å². The molecule has 0 amide bonds. The van der Waals surface area contributed by atoms with E-state index < -0.39 is 6.15 Å². The van der Waals surface area contributed by atoms with Crippen molar-refractivity contribution < 1.29 is 4.68 Å². The fraction of sp³-hybridized carbons (Fsp3) is 0.333. The normalized spacial score (nSPS) is 8.53. The smallest absolute Gasteiger partial charge is 0.245 e. The molecule has 0 fully saturated rings. The Hall–Kier alpha value is -2.84. The number of nitriles is 4. The van der Waals surface area contributed by atoms with Gasteiger partial charge in [0.15, 0.2) is 6.20 Å². The number of aromatic nitrogens is 3. The summed E-state index contributed by atoms with van der Waals surface area (Å²) < 4.78 is 1.94. The molecule has 7 nitrogen and oxygen atoms in total. The lowest BCUT2D eigenvalue weighted by molar-refractivity contribution is -0.753. The van der Waals surface area contributed by atoms with Crippen molar-refractivity contribution in [2.45, 2.75) is 19.9 Å². The molecule has 0 unspecified atom stereocenters. The van der Waals surface area contributed by atoms with Gasteiger partial charge in [0.25, 0.3) is 0 Å². The summed E-state index contributed by atoms with van der Waals surface area (Å²) in [6, 6.07) is 0. The van der Waals surface area contributed by atoms with E-state index in [1.807, 2.05) is 10.9 Å². The second-order valence-electron chi connectivity index (χ2n) is 3.10. The van der Waals surface area contributed by atoms with Crippen LogP contribution in [0, 0.1) is 44.9 Å². The molecule has 1 N–H and O–H groups in total. The zero-order chi connectivity index (χ0) is 13.1. The van der Waals surface area contributed by atoms with E-state index >= 15 is 0 Å². The number of aromatic amines is 1. The fourth-order valence-corrected chi connectivity index (χ4v) is 0.793. The van der Waals surface area contributed by atoms with Gasteiger partial charge in [-0.15, -0.1) is 23.9 Å². The van der Waals surface area contributed by atoms with Crippen LogP contribution >= 0.6 is 0 Å². The van der Waals surface area contributed by atoms with Crippen LogP contribution < -0.4 is 4.68 Å². The van der Waals surface area contributed by atoms with Gasteiger partial charge in [0.1, 0.15) is 6.54 Å². The molecule has 17 heavy (non-hydrogen) atoms. The molecular formula is C9H10BN7. The minimum atomic E-state index is -2.72.